The molecule has 0 aliphatic heterocycles. The van der Waals surface area contributed by atoms with Gasteiger partial charge in [-0.25, -0.2) is 13.1 Å². The molecule has 0 radical (unpaired) electrons. The third-order valence-corrected chi connectivity index (χ3v) is 3.65. The zero-order chi connectivity index (χ0) is 14.6. The molecule has 1 N–H and O–H groups in total. The molecule has 0 bridgehead atoms. The normalized spacial score (nSPS) is 12.7. The number of benzene rings is 1. The molecule has 0 saturated carbocycles. The molecule has 0 saturated heterocycles. The molecule has 9 heteroatoms. The van der Waals surface area contributed by atoms with Gasteiger partial charge in [-0.1, -0.05) is 0 Å². The highest BCUT2D eigenvalue weighted by Gasteiger charge is 2.20. The van der Waals surface area contributed by atoms with Gasteiger partial charge in [0.25, 0.3) is 0 Å². The summed E-state index contributed by atoms with van der Waals surface area (Å²) in [6, 6.07) is 4.11. The largest absolute Gasteiger partial charge is 0.304 e. The predicted molar refractivity (Wildman–Crippen MR) is 63.0 cm³/mol. The smallest absolute Gasteiger partial charge is 0.258 e. The van der Waals surface area contributed by atoms with Crippen LogP contribution in [0.15, 0.2) is 23.1 Å². The monoisotopic (exact) mass is 287 g/mol. The van der Waals surface area contributed by atoms with Crippen LogP contribution in [0.1, 0.15) is 6.92 Å². The van der Waals surface area contributed by atoms with Gasteiger partial charge in [0.2, 0.25) is 15.8 Å². The fraction of sp³-hybridized carbons (Fsp3) is 0.300. The van der Waals surface area contributed by atoms with Gasteiger partial charge in [0.15, 0.2) is 0 Å². The molecular weight excluding hydrogens is 277 g/mol. The molecule has 1 aromatic carbocycles. The molecule has 0 fully saturated rings. The van der Waals surface area contributed by atoms with Crippen molar-refractivity contribution < 1.29 is 17.7 Å². The van der Waals surface area contributed by atoms with Crippen molar-refractivity contribution in [3.05, 3.63) is 34.1 Å². The highest BCUT2D eigenvalue weighted by atomic mass is 32.2. The van der Waals surface area contributed by atoms with Gasteiger partial charge >= 0.3 is 5.69 Å². The van der Waals surface area contributed by atoms with Gasteiger partial charge in [0.1, 0.15) is 0 Å². The Labute approximate surface area is 108 Å². The molecular formula is C10H10FN3O4S. The van der Waals surface area contributed by atoms with Crippen molar-refractivity contribution in [3.63, 3.8) is 0 Å². The molecule has 0 aliphatic rings. The number of nitrogens with zero attached hydrogens (tertiary/aromatic N) is 2. The Morgan fingerprint density at radius 2 is 2.21 bits per heavy atom. The Kier molecular flexibility index (Phi) is 4.52. The van der Waals surface area contributed by atoms with Crippen molar-refractivity contribution in [3.8, 4) is 6.07 Å². The van der Waals surface area contributed by atoms with Crippen LogP contribution in [0.3, 0.4) is 0 Å². The van der Waals surface area contributed by atoms with E-state index in [-0.39, 0.29) is 6.54 Å². The second-order valence-electron chi connectivity index (χ2n) is 3.75. The Hall–Kier alpha value is -2.05. The van der Waals surface area contributed by atoms with E-state index in [0.717, 1.165) is 12.1 Å². The second-order valence-corrected chi connectivity index (χ2v) is 5.52. The number of nitro groups is 1. The number of halogens is 1. The molecule has 19 heavy (non-hydrogen) atoms. The maximum absolute atomic E-state index is 13.3. The zero-order valence-corrected chi connectivity index (χ0v) is 10.6. The molecule has 0 aliphatic carbocycles. The van der Waals surface area contributed by atoms with Crippen LogP contribution < -0.4 is 4.72 Å². The topological polar surface area (TPSA) is 113 Å². The van der Waals surface area contributed by atoms with Gasteiger partial charge < -0.3 is 0 Å². The molecule has 1 unspecified atom stereocenters. The van der Waals surface area contributed by atoms with E-state index < -0.39 is 37.3 Å². The second kappa shape index (κ2) is 5.73. The number of nitriles is 1. The lowest BCUT2D eigenvalue weighted by Crippen LogP contribution is -2.28. The summed E-state index contributed by atoms with van der Waals surface area (Å²) in [6.45, 7) is 1.39. The molecule has 0 amide bonds. The first kappa shape index (κ1) is 15.0. The summed E-state index contributed by atoms with van der Waals surface area (Å²) in [5, 5.41) is 18.9. The van der Waals surface area contributed by atoms with Crippen LogP contribution in [0.4, 0.5) is 10.1 Å². The maximum Gasteiger partial charge on any atom is 0.304 e. The van der Waals surface area contributed by atoms with Gasteiger partial charge in [0.05, 0.1) is 21.8 Å². The Morgan fingerprint density at radius 1 is 1.58 bits per heavy atom. The minimum absolute atomic E-state index is 0.128. The van der Waals surface area contributed by atoms with Crippen molar-refractivity contribution in [2.75, 3.05) is 6.54 Å². The van der Waals surface area contributed by atoms with Crippen LogP contribution in [0, 0.1) is 33.2 Å². The van der Waals surface area contributed by atoms with Crippen LogP contribution in [-0.2, 0) is 10.0 Å². The lowest BCUT2D eigenvalue weighted by molar-refractivity contribution is -0.387. The van der Waals surface area contributed by atoms with Crippen molar-refractivity contribution in [1.82, 2.24) is 4.72 Å². The minimum atomic E-state index is -3.99. The lowest BCUT2D eigenvalue weighted by atomic mass is 10.2. The first-order valence-corrected chi connectivity index (χ1v) is 6.59. The average Bonchev–Trinajstić information content (AvgIpc) is 2.35. The molecule has 102 valence electrons. The summed E-state index contributed by atoms with van der Waals surface area (Å²) in [6.07, 6.45) is 0. The van der Waals surface area contributed by atoms with Crippen LogP contribution in [-0.4, -0.2) is 19.9 Å². The van der Waals surface area contributed by atoms with E-state index in [9.17, 15) is 22.9 Å². The molecule has 0 heterocycles. The van der Waals surface area contributed by atoms with Gasteiger partial charge in [0, 0.05) is 18.7 Å². The van der Waals surface area contributed by atoms with E-state index in [1.807, 2.05) is 6.07 Å². The number of hydrogen-bond donors (Lipinski definition) is 1. The maximum atomic E-state index is 13.3. The lowest BCUT2D eigenvalue weighted by Gasteiger charge is -2.07. The van der Waals surface area contributed by atoms with Crippen molar-refractivity contribution in [1.29, 1.82) is 5.26 Å². The van der Waals surface area contributed by atoms with Crippen LogP contribution in [0.2, 0.25) is 0 Å². The van der Waals surface area contributed by atoms with Crippen molar-refractivity contribution >= 4 is 15.7 Å². The van der Waals surface area contributed by atoms with Gasteiger partial charge in [-0.05, 0) is 13.0 Å². The quantitative estimate of drug-likeness (QED) is 0.645. The first-order valence-electron chi connectivity index (χ1n) is 5.11. The van der Waals surface area contributed by atoms with Crippen molar-refractivity contribution in [2.45, 2.75) is 11.8 Å². The average molecular weight is 287 g/mol. The number of hydrogen-bond acceptors (Lipinski definition) is 5. The fourth-order valence-electron chi connectivity index (χ4n) is 1.17. The van der Waals surface area contributed by atoms with Crippen LogP contribution in [0.25, 0.3) is 0 Å². The zero-order valence-electron chi connectivity index (χ0n) is 9.83. The number of rotatable bonds is 5. The Bertz CT molecular complexity index is 639. The van der Waals surface area contributed by atoms with Gasteiger partial charge in [-0.15, -0.1) is 0 Å². The fourth-order valence-corrected chi connectivity index (χ4v) is 2.31. The summed E-state index contributed by atoms with van der Waals surface area (Å²) in [4.78, 5) is 9.02. The SMILES string of the molecule is CC(C#N)CNS(=O)(=O)c1ccc([N+](=O)[O-])c(F)c1. The molecule has 1 atom stereocenters. The third-order valence-electron chi connectivity index (χ3n) is 2.23. The van der Waals surface area contributed by atoms with Crippen molar-refractivity contribution in [2.24, 2.45) is 5.92 Å². The Balaban J connectivity index is 3.00. The van der Waals surface area contributed by atoms with Crippen LogP contribution in [0.5, 0.6) is 0 Å². The van der Waals surface area contributed by atoms with Crippen LogP contribution >= 0.6 is 0 Å². The number of nitrogens with one attached hydrogen (secondary N) is 1. The third kappa shape index (κ3) is 3.70. The summed E-state index contributed by atoms with van der Waals surface area (Å²) in [5.74, 6) is -1.78. The van der Waals surface area contributed by atoms with E-state index in [1.165, 1.54) is 6.92 Å². The Morgan fingerprint density at radius 3 is 2.68 bits per heavy atom. The summed E-state index contributed by atoms with van der Waals surface area (Å²) in [5.41, 5.74) is -0.802. The standard InChI is InChI=1S/C10H10FN3O4S/c1-7(5-12)6-13-19(17,18)8-2-3-10(14(15)16)9(11)4-8/h2-4,7,13H,6H2,1H3. The highest BCUT2D eigenvalue weighted by molar-refractivity contribution is 7.89. The molecule has 1 rings (SSSR count). The predicted octanol–water partition coefficient (Wildman–Crippen LogP) is 1.17. The van der Waals surface area contributed by atoms with E-state index in [0.29, 0.717) is 6.07 Å². The van der Waals surface area contributed by atoms with E-state index in [1.54, 1.807) is 0 Å². The number of sulfonamides is 1. The molecule has 0 spiro atoms. The van der Waals surface area contributed by atoms with E-state index in [2.05, 4.69) is 4.72 Å². The number of nitro benzene ring substituents is 1. The van der Waals surface area contributed by atoms with E-state index >= 15 is 0 Å². The molecule has 7 nitrogen and oxygen atoms in total. The van der Waals surface area contributed by atoms with Gasteiger partial charge in [-0.2, -0.15) is 9.65 Å². The first-order chi connectivity index (χ1) is 8.77. The molecule has 1 aromatic rings. The summed E-state index contributed by atoms with van der Waals surface area (Å²) >= 11 is 0. The van der Waals surface area contributed by atoms with Gasteiger partial charge in [-0.3, -0.25) is 10.1 Å². The highest BCUT2D eigenvalue weighted by Crippen LogP contribution is 2.20. The summed E-state index contributed by atoms with van der Waals surface area (Å²) in [7, 11) is -3.99. The summed E-state index contributed by atoms with van der Waals surface area (Å²) < 4.78 is 38.9. The molecule has 0 aromatic heterocycles. The minimum Gasteiger partial charge on any atom is -0.258 e. The van der Waals surface area contributed by atoms with E-state index in [4.69, 9.17) is 5.26 Å².